The second-order valence-electron chi connectivity index (χ2n) is 6.31. The molecule has 1 atom stereocenters. The maximum absolute atomic E-state index is 12.5. The molecule has 134 valence electrons. The minimum atomic E-state index is -0.592. The van der Waals surface area contributed by atoms with Gasteiger partial charge in [0, 0.05) is 12.0 Å². The number of amides is 2. The summed E-state index contributed by atoms with van der Waals surface area (Å²) in [5, 5.41) is 14.9. The van der Waals surface area contributed by atoms with Gasteiger partial charge in [-0.1, -0.05) is 55.9 Å². The SMILES string of the molecule is CCCC(=O)N[C@H](C(=O)Nc1nnc(-c2cccc(C)c2)s1)C(C)C. The van der Waals surface area contributed by atoms with Gasteiger partial charge in [-0.2, -0.15) is 0 Å². The van der Waals surface area contributed by atoms with Crippen LogP contribution in [0.1, 0.15) is 39.2 Å². The molecule has 2 aromatic rings. The predicted molar refractivity (Wildman–Crippen MR) is 100 cm³/mol. The van der Waals surface area contributed by atoms with Crippen molar-refractivity contribution in [2.45, 2.75) is 46.6 Å². The van der Waals surface area contributed by atoms with E-state index in [9.17, 15) is 9.59 Å². The molecule has 0 saturated heterocycles. The average molecular weight is 360 g/mol. The molecule has 0 aliphatic rings. The third-order valence-corrected chi connectivity index (χ3v) is 4.55. The molecule has 0 aliphatic carbocycles. The fourth-order valence-corrected chi connectivity index (χ4v) is 3.10. The number of anilines is 1. The van der Waals surface area contributed by atoms with Crippen LogP contribution in [0.2, 0.25) is 0 Å². The molecule has 6 nitrogen and oxygen atoms in total. The number of aryl methyl sites for hydroxylation is 1. The van der Waals surface area contributed by atoms with E-state index < -0.39 is 6.04 Å². The van der Waals surface area contributed by atoms with Gasteiger partial charge < -0.3 is 5.32 Å². The monoisotopic (exact) mass is 360 g/mol. The molecule has 0 unspecified atom stereocenters. The Hall–Kier alpha value is -2.28. The zero-order valence-electron chi connectivity index (χ0n) is 15.0. The van der Waals surface area contributed by atoms with Crippen LogP contribution in [0.15, 0.2) is 24.3 Å². The van der Waals surface area contributed by atoms with E-state index in [4.69, 9.17) is 0 Å². The van der Waals surface area contributed by atoms with Crippen LogP contribution in [-0.2, 0) is 9.59 Å². The Labute approximate surface area is 152 Å². The highest BCUT2D eigenvalue weighted by Gasteiger charge is 2.25. The standard InChI is InChI=1S/C18H24N4O2S/c1-5-7-14(23)19-15(11(2)3)16(24)20-18-22-21-17(25-18)13-9-6-8-12(4)10-13/h6,8-11,15H,5,7H2,1-4H3,(H,19,23)(H,20,22,24)/t15-/m0/s1. The first kappa shape index (κ1) is 19.1. The Balaban J connectivity index is 2.07. The van der Waals surface area contributed by atoms with Crippen molar-refractivity contribution in [1.29, 1.82) is 0 Å². The van der Waals surface area contributed by atoms with Gasteiger partial charge in [-0.15, -0.1) is 10.2 Å². The van der Waals surface area contributed by atoms with Crippen LogP contribution in [0, 0.1) is 12.8 Å². The Bertz CT molecular complexity index is 742. The number of nitrogens with zero attached hydrogens (tertiary/aromatic N) is 2. The van der Waals surface area contributed by atoms with E-state index in [-0.39, 0.29) is 17.7 Å². The third-order valence-electron chi connectivity index (χ3n) is 3.66. The molecule has 0 bridgehead atoms. The number of benzene rings is 1. The molecule has 25 heavy (non-hydrogen) atoms. The van der Waals surface area contributed by atoms with Gasteiger partial charge in [-0.05, 0) is 25.3 Å². The van der Waals surface area contributed by atoms with Gasteiger partial charge >= 0.3 is 0 Å². The maximum atomic E-state index is 12.5. The van der Waals surface area contributed by atoms with Gasteiger partial charge in [0.25, 0.3) is 0 Å². The summed E-state index contributed by atoms with van der Waals surface area (Å²) in [7, 11) is 0. The van der Waals surface area contributed by atoms with E-state index >= 15 is 0 Å². The van der Waals surface area contributed by atoms with E-state index in [1.807, 2.05) is 52.0 Å². The van der Waals surface area contributed by atoms with Crippen LogP contribution in [0.25, 0.3) is 10.6 Å². The Morgan fingerprint density at radius 3 is 2.64 bits per heavy atom. The summed E-state index contributed by atoms with van der Waals surface area (Å²) in [5.41, 5.74) is 2.10. The first-order valence-electron chi connectivity index (χ1n) is 8.41. The second-order valence-corrected chi connectivity index (χ2v) is 7.29. The number of carbonyl (C=O) groups is 2. The van der Waals surface area contributed by atoms with Gasteiger partial charge in [0.1, 0.15) is 11.0 Å². The lowest BCUT2D eigenvalue weighted by molar-refractivity contribution is -0.127. The molecule has 0 radical (unpaired) electrons. The topological polar surface area (TPSA) is 84.0 Å². The highest BCUT2D eigenvalue weighted by Crippen LogP contribution is 2.27. The van der Waals surface area contributed by atoms with Crippen LogP contribution in [0.4, 0.5) is 5.13 Å². The van der Waals surface area contributed by atoms with Crippen molar-refractivity contribution in [2.75, 3.05) is 5.32 Å². The second kappa shape index (κ2) is 8.71. The predicted octanol–water partition coefficient (Wildman–Crippen LogP) is 3.39. The quantitative estimate of drug-likeness (QED) is 0.793. The van der Waals surface area contributed by atoms with Crippen molar-refractivity contribution in [3.8, 4) is 10.6 Å². The van der Waals surface area contributed by atoms with Crippen LogP contribution in [0.5, 0.6) is 0 Å². The van der Waals surface area contributed by atoms with Gasteiger partial charge in [0.15, 0.2) is 0 Å². The van der Waals surface area contributed by atoms with Gasteiger partial charge in [0.2, 0.25) is 16.9 Å². The van der Waals surface area contributed by atoms with Crippen LogP contribution in [-0.4, -0.2) is 28.1 Å². The molecular weight excluding hydrogens is 336 g/mol. The number of rotatable bonds is 7. The number of aromatic nitrogens is 2. The van der Waals surface area contributed by atoms with Crippen molar-refractivity contribution in [2.24, 2.45) is 5.92 Å². The minimum absolute atomic E-state index is 0.0232. The number of hydrogen-bond donors (Lipinski definition) is 2. The average Bonchev–Trinajstić information content (AvgIpc) is 3.01. The molecule has 0 spiro atoms. The third kappa shape index (κ3) is 5.35. The van der Waals surface area contributed by atoms with Crippen LogP contribution >= 0.6 is 11.3 Å². The molecule has 2 N–H and O–H groups in total. The summed E-state index contributed by atoms with van der Waals surface area (Å²) in [6.07, 6.45) is 1.15. The van der Waals surface area contributed by atoms with E-state index in [0.29, 0.717) is 11.6 Å². The van der Waals surface area contributed by atoms with E-state index in [2.05, 4.69) is 20.8 Å². The van der Waals surface area contributed by atoms with Crippen molar-refractivity contribution in [1.82, 2.24) is 15.5 Å². The van der Waals surface area contributed by atoms with Gasteiger partial charge in [0.05, 0.1) is 0 Å². The van der Waals surface area contributed by atoms with Crippen LogP contribution in [0.3, 0.4) is 0 Å². The Morgan fingerprint density at radius 1 is 1.24 bits per heavy atom. The van der Waals surface area contributed by atoms with Crippen molar-refractivity contribution < 1.29 is 9.59 Å². The Kier molecular flexibility index (Phi) is 6.64. The molecule has 7 heteroatoms. The smallest absolute Gasteiger partial charge is 0.249 e. The van der Waals surface area contributed by atoms with Crippen molar-refractivity contribution in [3.05, 3.63) is 29.8 Å². The molecule has 0 fully saturated rings. The molecular formula is C18H24N4O2S. The van der Waals surface area contributed by atoms with E-state index in [0.717, 1.165) is 22.6 Å². The largest absolute Gasteiger partial charge is 0.344 e. The van der Waals surface area contributed by atoms with E-state index in [1.54, 1.807) is 0 Å². The van der Waals surface area contributed by atoms with E-state index in [1.165, 1.54) is 11.3 Å². The van der Waals surface area contributed by atoms with Crippen molar-refractivity contribution >= 4 is 28.3 Å². The lowest BCUT2D eigenvalue weighted by atomic mass is 10.0. The summed E-state index contributed by atoms with van der Waals surface area (Å²) >= 11 is 1.31. The fourth-order valence-electron chi connectivity index (χ4n) is 2.36. The molecule has 1 aromatic heterocycles. The highest BCUT2D eigenvalue weighted by atomic mass is 32.1. The first-order valence-corrected chi connectivity index (χ1v) is 9.23. The fraction of sp³-hybridized carbons (Fsp3) is 0.444. The molecule has 2 amide bonds. The number of hydrogen-bond acceptors (Lipinski definition) is 5. The maximum Gasteiger partial charge on any atom is 0.249 e. The zero-order valence-corrected chi connectivity index (χ0v) is 15.8. The summed E-state index contributed by atoms with van der Waals surface area (Å²) in [6.45, 7) is 7.74. The summed E-state index contributed by atoms with van der Waals surface area (Å²) in [4.78, 5) is 24.3. The zero-order chi connectivity index (χ0) is 18.4. The normalized spacial score (nSPS) is 12.0. The molecule has 2 rings (SSSR count). The summed E-state index contributed by atoms with van der Waals surface area (Å²) in [5.74, 6) is -0.412. The summed E-state index contributed by atoms with van der Waals surface area (Å²) in [6, 6.07) is 7.36. The van der Waals surface area contributed by atoms with Crippen LogP contribution < -0.4 is 10.6 Å². The number of carbonyl (C=O) groups excluding carboxylic acids is 2. The highest BCUT2D eigenvalue weighted by molar-refractivity contribution is 7.18. The number of nitrogens with one attached hydrogen (secondary N) is 2. The molecule has 0 aliphatic heterocycles. The lowest BCUT2D eigenvalue weighted by Crippen LogP contribution is -2.47. The lowest BCUT2D eigenvalue weighted by Gasteiger charge is -2.20. The Morgan fingerprint density at radius 2 is 2.00 bits per heavy atom. The first-order chi connectivity index (χ1) is 11.9. The molecule has 1 aromatic carbocycles. The van der Waals surface area contributed by atoms with Crippen molar-refractivity contribution in [3.63, 3.8) is 0 Å². The summed E-state index contributed by atoms with van der Waals surface area (Å²) < 4.78 is 0. The van der Waals surface area contributed by atoms with Gasteiger partial charge in [-0.25, -0.2) is 0 Å². The molecule has 0 saturated carbocycles. The van der Waals surface area contributed by atoms with Gasteiger partial charge in [-0.3, -0.25) is 14.9 Å². The minimum Gasteiger partial charge on any atom is -0.344 e. The molecule has 1 heterocycles.